The smallest absolute Gasteiger partial charge is 0.255 e. The first-order valence-corrected chi connectivity index (χ1v) is 9.23. The summed E-state index contributed by atoms with van der Waals surface area (Å²) in [7, 11) is 0. The van der Waals surface area contributed by atoms with E-state index in [2.05, 4.69) is 10.6 Å². The minimum Gasteiger partial charge on any atom is -0.379 e. The molecule has 2 aromatic carbocycles. The molecule has 0 saturated carbocycles. The summed E-state index contributed by atoms with van der Waals surface area (Å²) < 4.78 is 5.27. The molecule has 1 fully saturated rings. The molecule has 2 amide bonds. The molecule has 3 rings (SSSR count). The highest BCUT2D eigenvalue weighted by atomic mass is 35.5. The summed E-state index contributed by atoms with van der Waals surface area (Å²) in [6.07, 6.45) is 0. The standard InChI is InChI=1S/C19H19Cl2N3O3/c20-14-3-1-13(2-4-14)19(26)23-17-11-15(5-6-16(17)21)22-18(25)12-24-7-9-27-10-8-24/h1-6,11H,7-10,12H2,(H,22,25)(H,23,26). The second-order valence-electron chi connectivity index (χ2n) is 6.09. The number of nitrogens with zero attached hydrogens (tertiary/aromatic N) is 1. The molecule has 142 valence electrons. The van der Waals surface area contributed by atoms with E-state index in [1.807, 2.05) is 4.90 Å². The van der Waals surface area contributed by atoms with Gasteiger partial charge in [0.05, 0.1) is 30.5 Å². The van der Waals surface area contributed by atoms with Crippen LogP contribution in [-0.4, -0.2) is 49.6 Å². The van der Waals surface area contributed by atoms with E-state index in [-0.39, 0.29) is 11.8 Å². The second kappa shape index (κ2) is 9.19. The van der Waals surface area contributed by atoms with Gasteiger partial charge in [-0.1, -0.05) is 23.2 Å². The number of benzene rings is 2. The number of nitrogens with one attached hydrogen (secondary N) is 2. The lowest BCUT2D eigenvalue weighted by atomic mass is 10.2. The van der Waals surface area contributed by atoms with Gasteiger partial charge in [-0.05, 0) is 42.5 Å². The molecule has 0 unspecified atom stereocenters. The van der Waals surface area contributed by atoms with Gasteiger partial charge in [0.2, 0.25) is 5.91 Å². The molecular formula is C19H19Cl2N3O3. The third-order valence-electron chi connectivity index (χ3n) is 4.08. The number of hydrogen-bond acceptors (Lipinski definition) is 4. The molecule has 27 heavy (non-hydrogen) atoms. The van der Waals surface area contributed by atoms with Crippen molar-refractivity contribution in [2.75, 3.05) is 43.5 Å². The molecule has 8 heteroatoms. The van der Waals surface area contributed by atoms with Crippen molar-refractivity contribution in [3.63, 3.8) is 0 Å². The van der Waals surface area contributed by atoms with Gasteiger partial charge in [-0.25, -0.2) is 0 Å². The quantitative estimate of drug-likeness (QED) is 0.795. The minimum atomic E-state index is -0.314. The Morgan fingerprint density at radius 2 is 1.70 bits per heavy atom. The van der Waals surface area contributed by atoms with Gasteiger partial charge in [-0.3, -0.25) is 14.5 Å². The number of carbonyl (C=O) groups excluding carboxylic acids is 2. The van der Waals surface area contributed by atoms with Gasteiger partial charge >= 0.3 is 0 Å². The fraction of sp³-hybridized carbons (Fsp3) is 0.263. The van der Waals surface area contributed by atoms with Crippen molar-refractivity contribution in [1.29, 1.82) is 0 Å². The summed E-state index contributed by atoms with van der Waals surface area (Å²) in [5.74, 6) is -0.445. The van der Waals surface area contributed by atoms with Crippen LogP contribution in [0.4, 0.5) is 11.4 Å². The molecule has 1 aliphatic rings. The predicted octanol–water partition coefficient (Wildman–Crippen LogP) is 3.52. The van der Waals surface area contributed by atoms with Crippen LogP contribution in [0.5, 0.6) is 0 Å². The molecule has 1 aliphatic heterocycles. The highest BCUT2D eigenvalue weighted by molar-refractivity contribution is 6.34. The average molecular weight is 408 g/mol. The first-order valence-electron chi connectivity index (χ1n) is 8.48. The van der Waals surface area contributed by atoms with Crippen LogP contribution in [0.25, 0.3) is 0 Å². The molecule has 0 atom stereocenters. The monoisotopic (exact) mass is 407 g/mol. The van der Waals surface area contributed by atoms with Crippen molar-refractivity contribution >= 4 is 46.4 Å². The van der Waals surface area contributed by atoms with Crippen molar-refractivity contribution < 1.29 is 14.3 Å². The van der Waals surface area contributed by atoms with Crippen LogP contribution in [0.1, 0.15) is 10.4 Å². The summed E-state index contributed by atoms with van der Waals surface area (Å²) in [6.45, 7) is 3.02. The molecule has 0 bridgehead atoms. The average Bonchev–Trinajstić information content (AvgIpc) is 2.65. The summed E-state index contributed by atoms with van der Waals surface area (Å²) in [5.41, 5.74) is 1.43. The van der Waals surface area contributed by atoms with Gasteiger partial charge in [0.25, 0.3) is 5.91 Å². The van der Waals surface area contributed by atoms with Crippen LogP contribution in [0, 0.1) is 0 Å². The second-order valence-corrected chi connectivity index (χ2v) is 6.94. The normalized spacial score (nSPS) is 14.6. The summed E-state index contributed by atoms with van der Waals surface area (Å²) >= 11 is 12.0. The molecule has 0 aromatic heterocycles. The number of rotatable bonds is 5. The zero-order chi connectivity index (χ0) is 19.2. The highest BCUT2D eigenvalue weighted by Crippen LogP contribution is 2.26. The SMILES string of the molecule is O=C(CN1CCOCC1)Nc1ccc(Cl)c(NC(=O)c2ccc(Cl)cc2)c1. The maximum Gasteiger partial charge on any atom is 0.255 e. The van der Waals surface area contributed by atoms with Crippen molar-refractivity contribution in [1.82, 2.24) is 4.90 Å². The van der Waals surface area contributed by atoms with Crippen LogP contribution in [0.3, 0.4) is 0 Å². The number of amides is 2. The van der Waals surface area contributed by atoms with Gasteiger partial charge in [0.1, 0.15) is 0 Å². The van der Waals surface area contributed by atoms with Crippen LogP contribution in [0.2, 0.25) is 10.0 Å². The van der Waals surface area contributed by atoms with E-state index >= 15 is 0 Å². The van der Waals surface area contributed by atoms with Gasteiger partial charge in [0, 0.05) is 29.4 Å². The lowest BCUT2D eigenvalue weighted by molar-refractivity contribution is -0.118. The molecule has 2 aromatic rings. The lowest BCUT2D eigenvalue weighted by Gasteiger charge is -2.25. The van der Waals surface area contributed by atoms with Gasteiger partial charge in [-0.2, -0.15) is 0 Å². The van der Waals surface area contributed by atoms with Crippen molar-refractivity contribution in [2.24, 2.45) is 0 Å². The number of anilines is 2. The fourth-order valence-corrected chi connectivity index (χ4v) is 2.95. The van der Waals surface area contributed by atoms with E-state index in [4.69, 9.17) is 27.9 Å². The van der Waals surface area contributed by atoms with Crippen molar-refractivity contribution in [3.8, 4) is 0 Å². The largest absolute Gasteiger partial charge is 0.379 e. The first kappa shape index (κ1) is 19.6. The third-order valence-corrected chi connectivity index (χ3v) is 4.66. The van der Waals surface area contributed by atoms with Crippen LogP contribution >= 0.6 is 23.2 Å². The number of hydrogen-bond donors (Lipinski definition) is 2. The Labute approximate surface area is 167 Å². The Morgan fingerprint density at radius 3 is 2.41 bits per heavy atom. The Kier molecular flexibility index (Phi) is 6.68. The Balaban J connectivity index is 1.63. The Morgan fingerprint density at radius 1 is 1.00 bits per heavy atom. The van der Waals surface area contributed by atoms with Gasteiger partial charge < -0.3 is 15.4 Å². The lowest BCUT2D eigenvalue weighted by Crippen LogP contribution is -2.41. The molecule has 1 heterocycles. The zero-order valence-corrected chi connectivity index (χ0v) is 16.0. The maximum atomic E-state index is 12.4. The molecule has 1 saturated heterocycles. The number of carbonyl (C=O) groups is 2. The van der Waals surface area contributed by atoms with E-state index in [9.17, 15) is 9.59 Å². The van der Waals surface area contributed by atoms with Gasteiger partial charge in [0.15, 0.2) is 0 Å². The summed E-state index contributed by atoms with van der Waals surface area (Å²) in [5, 5.41) is 6.51. The van der Waals surface area contributed by atoms with E-state index in [0.717, 1.165) is 13.1 Å². The zero-order valence-electron chi connectivity index (χ0n) is 14.5. The van der Waals surface area contributed by atoms with Crippen LogP contribution in [-0.2, 0) is 9.53 Å². The van der Waals surface area contributed by atoms with E-state index < -0.39 is 0 Å². The number of morpholine rings is 1. The van der Waals surface area contributed by atoms with Gasteiger partial charge in [-0.15, -0.1) is 0 Å². The molecule has 0 radical (unpaired) electrons. The minimum absolute atomic E-state index is 0.130. The predicted molar refractivity (Wildman–Crippen MR) is 107 cm³/mol. The third kappa shape index (κ3) is 5.68. The van der Waals surface area contributed by atoms with Crippen molar-refractivity contribution in [2.45, 2.75) is 0 Å². The summed E-state index contributed by atoms with van der Waals surface area (Å²) in [4.78, 5) is 26.6. The molecule has 6 nitrogen and oxygen atoms in total. The van der Waals surface area contributed by atoms with E-state index in [1.165, 1.54) is 0 Å². The fourth-order valence-electron chi connectivity index (χ4n) is 2.66. The molecular weight excluding hydrogens is 389 g/mol. The van der Waals surface area contributed by atoms with Crippen LogP contribution < -0.4 is 10.6 Å². The van der Waals surface area contributed by atoms with E-state index in [0.29, 0.717) is 46.7 Å². The summed E-state index contributed by atoms with van der Waals surface area (Å²) in [6, 6.07) is 11.5. The van der Waals surface area contributed by atoms with Crippen LogP contribution in [0.15, 0.2) is 42.5 Å². The number of halogens is 2. The Bertz CT molecular complexity index is 821. The molecule has 0 aliphatic carbocycles. The Hall–Kier alpha value is -2.12. The topological polar surface area (TPSA) is 70.7 Å². The first-order chi connectivity index (χ1) is 13.0. The van der Waals surface area contributed by atoms with E-state index in [1.54, 1.807) is 42.5 Å². The van der Waals surface area contributed by atoms with Crippen molar-refractivity contribution in [3.05, 3.63) is 58.1 Å². The highest BCUT2D eigenvalue weighted by Gasteiger charge is 2.15. The number of ether oxygens (including phenoxy) is 1. The molecule has 2 N–H and O–H groups in total. The maximum absolute atomic E-state index is 12.4. The molecule has 0 spiro atoms.